The van der Waals surface area contributed by atoms with E-state index in [0.29, 0.717) is 60.7 Å². The van der Waals surface area contributed by atoms with E-state index in [1.165, 1.54) is 0 Å². The smallest absolute Gasteiger partial charge is 0.410 e. The van der Waals surface area contributed by atoms with E-state index in [1.54, 1.807) is 34.1 Å². The maximum Gasteiger partial charge on any atom is 0.410 e. The van der Waals surface area contributed by atoms with Gasteiger partial charge in [0.05, 0.1) is 23.9 Å². The number of pyridine rings is 1. The number of rotatable bonds is 11. The van der Waals surface area contributed by atoms with Crippen LogP contribution in [0.15, 0.2) is 84.9 Å². The molecule has 1 saturated carbocycles. The Morgan fingerprint density at radius 1 is 0.797 bits per heavy atom. The van der Waals surface area contributed by atoms with Crippen LogP contribution in [0.25, 0.3) is 0 Å². The SMILES string of the molecule is CC1c2c(ccc(N3CCN([C@H]4C[C@H](OC5CCN(C(=O)OC(C)(C)C)CC5)C4)C[C@H]3C)c2F)C(=O)N1c1ccc(OCc2ccccc2)nc1OCc1ccccc1. The summed E-state index contributed by atoms with van der Waals surface area (Å²) >= 11 is 0. The molecule has 4 heterocycles. The fourth-order valence-corrected chi connectivity index (χ4v) is 8.79. The predicted molar refractivity (Wildman–Crippen MR) is 225 cm³/mol. The normalized spacial score (nSPS) is 22.5. The number of hydrogen-bond donors (Lipinski definition) is 0. The lowest BCUT2D eigenvalue weighted by molar-refractivity contribution is -0.104. The fraction of sp³-hybridized carbons (Fsp3) is 0.468. The van der Waals surface area contributed by atoms with Crippen LogP contribution < -0.4 is 19.3 Å². The van der Waals surface area contributed by atoms with E-state index in [-0.39, 0.29) is 48.6 Å². The standard InChI is InChI=1S/C47H56FN5O6/c1-31-28-51(35-26-37(27-35)58-36-20-22-50(23-21-36)46(55)59-47(3,4)5)24-25-52(31)39-17-16-38-42(43(39)48)32(2)53(45(38)54)40-18-19-41(56-29-33-12-8-6-9-13-33)49-44(40)57-30-34-14-10-7-11-15-34/h6-19,31-32,35-37H,20-30H2,1-5H3/t31-,32?,35-,37-/m1/s1. The number of piperazine rings is 1. The highest BCUT2D eigenvalue weighted by molar-refractivity contribution is 6.12. The van der Waals surface area contributed by atoms with E-state index < -0.39 is 11.6 Å². The van der Waals surface area contributed by atoms with Gasteiger partial charge in [0.1, 0.15) is 24.5 Å². The van der Waals surface area contributed by atoms with E-state index in [4.69, 9.17) is 23.9 Å². The van der Waals surface area contributed by atoms with Crippen LogP contribution in [0.4, 0.5) is 20.6 Å². The number of carbonyl (C=O) groups is 2. The highest BCUT2D eigenvalue weighted by Crippen LogP contribution is 2.45. The molecule has 12 heteroatoms. The lowest BCUT2D eigenvalue weighted by Gasteiger charge is -2.49. The van der Waals surface area contributed by atoms with Crippen molar-refractivity contribution in [1.82, 2.24) is 14.8 Å². The minimum Gasteiger partial charge on any atom is -0.473 e. The molecule has 0 N–H and O–H groups in total. The Labute approximate surface area is 347 Å². The molecule has 312 valence electrons. The Bertz CT molecular complexity index is 2100. The third-order valence-electron chi connectivity index (χ3n) is 12.0. The number of aromatic nitrogens is 1. The highest BCUT2D eigenvalue weighted by Gasteiger charge is 2.43. The quantitative estimate of drug-likeness (QED) is 0.148. The Balaban J connectivity index is 0.898. The number of halogens is 1. The van der Waals surface area contributed by atoms with Crippen LogP contribution in [0.5, 0.6) is 11.8 Å². The molecule has 59 heavy (non-hydrogen) atoms. The monoisotopic (exact) mass is 805 g/mol. The van der Waals surface area contributed by atoms with Gasteiger partial charge >= 0.3 is 6.09 Å². The molecule has 2 atom stereocenters. The van der Waals surface area contributed by atoms with Crippen LogP contribution in [-0.2, 0) is 22.7 Å². The van der Waals surface area contributed by atoms with Gasteiger partial charge in [-0.05, 0) is 89.6 Å². The maximum absolute atomic E-state index is 16.8. The summed E-state index contributed by atoms with van der Waals surface area (Å²) in [5.41, 5.74) is 3.16. The van der Waals surface area contributed by atoms with Crippen molar-refractivity contribution in [3.8, 4) is 11.8 Å². The van der Waals surface area contributed by atoms with Gasteiger partial charge < -0.3 is 28.7 Å². The predicted octanol–water partition coefficient (Wildman–Crippen LogP) is 8.56. The molecule has 4 aromatic rings. The van der Waals surface area contributed by atoms with Crippen molar-refractivity contribution in [2.75, 3.05) is 42.5 Å². The van der Waals surface area contributed by atoms with Gasteiger partial charge in [0, 0.05) is 62.0 Å². The van der Waals surface area contributed by atoms with Crippen molar-refractivity contribution in [3.63, 3.8) is 0 Å². The minimum absolute atomic E-state index is 0.0718. The number of carbonyl (C=O) groups excluding carboxylic acids is 2. The number of nitrogens with zero attached hydrogens (tertiary/aromatic N) is 5. The Kier molecular flexibility index (Phi) is 11.8. The number of ether oxygens (including phenoxy) is 4. The van der Waals surface area contributed by atoms with E-state index >= 15 is 4.39 Å². The summed E-state index contributed by atoms with van der Waals surface area (Å²) in [6, 6.07) is 26.5. The van der Waals surface area contributed by atoms with Crippen molar-refractivity contribution in [2.24, 2.45) is 0 Å². The van der Waals surface area contributed by atoms with Crippen LogP contribution in [0.2, 0.25) is 0 Å². The molecule has 0 bridgehead atoms. The topological polar surface area (TPSA) is 96.9 Å². The summed E-state index contributed by atoms with van der Waals surface area (Å²) < 4.78 is 41.2. The third-order valence-corrected chi connectivity index (χ3v) is 12.0. The molecule has 2 amide bonds. The Hall–Kier alpha value is -5.20. The zero-order valence-electron chi connectivity index (χ0n) is 34.8. The average Bonchev–Trinajstić information content (AvgIpc) is 3.47. The second kappa shape index (κ2) is 17.2. The molecule has 1 aliphatic carbocycles. The van der Waals surface area contributed by atoms with Gasteiger partial charge in [0.2, 0.25) is 11.8 Å². The number of piperidine rings is 1. The number of hydrogen-bond acceptors (Lipinski definition) is 9. The summed E-state index contributed by atoms with van der Waals surface area (Å²) in [6.07, 6.45) is 3.73. The molecule has 4 aliphatic rings. The highest BCUT2D eigenvalue weighted by atomic mass is 19.1. The number of amides is 2. The summed E-state index contributed by atoms with van der Waals surface area (Å²) in [5.74, 6) is -0.0505. The van der Waals surface area contributed by atoms with Crippen molar-refractivity contribution in [2.45, 2.75) is 109 Å². The van der Waals surface area contributed by atoms with Gasteiger partial charge in [-0.3, -0.25) is 14.6 Å². The van der Waals surface area contributed by atoms with Gasteiger partial charge in [-0.1, -0.05) is 60.7 Å². The van der Waals surface area contributed by atoms with Gasteiger partial charge in [-0.15, -0.1) is 0 Å². The summed E-state index contributed by atoms with van der Waals surface area (Å²) in [5, 5.41) is 0. The molecule has 11 nitrogen and oxygen atoms in total. The largest absolute Gasteiger partial charge is 0.473 e. The molecule has 0 spiro atoms. The summed E-state index contributed by atoms with van der Waals surface area (Å²) in [4.78, 5) is 39.3. The first-order valence-electron chi connectivity index (χ1n) is 21.1. The van der Waals surface area contributed by atoms with Crippen LogP contribution >= 0.6 is 0 Å². The fourth-order valence-electron chi connectivity index (χ4n) is 8.79. The minimum atomic E-state index is -0.595. The molecule has 2 saturated heterocycles. The van der Waals surface area contributed by atoms with Crippen LogP contribution in [0.1, 0.15) is 93.4 Å². The summed E-state index contributed by atoms with van der Waals surface area (Å²) in [7, 11) is 0. The molecule has 3 aromatic carbocycles. The molecule has 0 radical (unpaired) electrons. The third kappa shape index (κ3) is 9.04. The van der Waals surface area contributed by atoms with Gasteiger partial charge in [0.15, 0.2) is 5.82 Å². The van der Waals surface area contributed by atoms with Crippen LogP contribution in [0, 0.1) is 5.82 Å². The first-order chi connectivity index (χ1) is 28.4. The van der Waals surface area contributed by atoms with Crippen molar-refractivity contribution in [1.29, 1.82) is 0 Å². The van der Waals surface area contributed by atoms with E-state index in [0.717, 1.165) is 49.9 Å². The van der Waals surface area contributed by atoms with Gasteiger partial charge in [-0.2, -0.15) is 4.98 Å². The second-order valence-electron chi connectivity index (χ2n) is 17.3. The number of benzene rings is 3. The van der Waals surface area contributed by atoms with Crippen LogP contribution in [0.3, 0.4) is 0 Å². The van der Waals surface area contributed by atoms with Crippen molar-refractivity contribution in [3.05, 3.63) is 113 Å². The molecule has 3 aliphatic heterocycles. The first-order valence-corrected chi connectivity index (χ1v) is 21.1. The van der Waals surface area contributed by atoms with Crippen molar-refractivity contribution < 1.29 is 32.9 Å². The molecular formula is C47H56FN5O6. The van der Waals surface area contributed by atoms with Crippen LogP contribution in [-0.4, -0.2) is 89.4 Å². The Morgan fingerprint density at radius 3 is 2.08 bits per heavy atom. The molecule has 1 aromatic heterocycles. The molecule has 1 unspecified atom stereocenters. The van der Waals surface area contributed by atoms with E-state index in [1.807, 2.05) is 88.4 Å². The number of likely N-dealkylation sites (tertiary alicyclic amines) is 1. The number of anilines is 2. The van der Waals surface area contributed by atoms with E-state index in [2.05, 4.69) is 16.7 Å². The molecule has 8 rings (SSSR count). The molecule has 3 fully saturated rings. The zero-order chi connectivity index (χ0) is 41.3. The van der Waals surface area contributed by atoms with Gasteiger partial charge in [0.25, 0.3) is 5.91 Å². The first kappa shape index (κ1) is 40.6. The lowest BCUT2D eigenvalue weighted by Crippen LogP contribution is -2.59. The maximum atomic E-state index is 16.8. The zero-order valence-corrected chi connectivity index (χ0v) is 34.8. The summed E-state index contributed by atoms with van der Waals surface area (Å²) in [6.45, 7) is 13.9. The van der Waals surface area contributed by atoms with Crippen molar-refractivity contribution >= 4 is 23.4 Å². The molecular weight excluding hydrogens is 750 g/mol. The second-order valence-corrected chi connectivity index (χ2v) is 17.3. The lowest BCUT2D eigenvalue weighted by atomic mass is 9.86. The number of fused-ring (bicyclic) bond motifs is 1. The van der Waals surface area contributed by atoms with E-state index in [9.17, 15) is 9.59 Å². The Morgan fingerprint density at radius 2 is 1.44 bits per heavy atom. The average molecular weight is 806 g/mol. The van der Waals surface area contributed by atoms with Gasteiger partial charge in [-0.25, -0.2) is 9.18 Å².